The minimum absolute atomic E-state index is 0.248. The summed E-state index contributed by atoms with van der Waals surface area (Å²) < 4.78 is 6.16. The number of carbonyl (C=O) groups excluding carboxylic acids is 1. The predicted octanol–water partition coefficient (Wildman–Crippen LogP) is 2.84. The van der Waals surface area contributed by atoms with Crippen LogP contribution in [-0.4, -0.2) is 23.1 Å². The van der Waals surface area contributed by atoms with E-state index in [9.17, 15) is 4.79 Å². The first-order chi connectivity index (χ1) is 10.7. The number of amides is 1. The van der Waals surface area contributed by atoms with E-state index in [1.165, 1.54) is 17.6 Å². The molecule has 6 nitrogen and oxygen atoms in total. The van der Waals surface area contributed by atoms with Crippen molar-refractivity contribution >= 4 is 38.8 Å². The van der Waals surface area contributed by atoms with Gasteiger partial charge in [-0.1, -0.05) is 23.5 Å². The SMILES string of the molecule is C[C@@H](Nc1nc2ccccc2s1)C(=O)N/N=C\c1ccco1. The molecule has 0 aliphatic rings. The first-order valence-electron chi connectivity index (χ1n) is 6.71. The number of hydrogen-bond donors (Lipinski definition) is 2. The summed E-state index contributed by atoms with van der Waals surface area (Å²) >= 11 is 1.51. The maximum absolute atomic E-state index is 11.9. The summed E-state index contributed by atoms with van der Waals surface area (Å²) in [6.07, 6.45) is 2.99. The smallest absolute Gasteiger partial charge is 0.262 e. The van der Waals surface area contributed by atoms with Gasteiger partial charge in [0.25, 0.3) is 5.91 Å². The number of fused-ring (bicyclic) bond motifs is 1. The standard InChI is InChI=1S/C15H14N4O2S/c1-10(14(20)19-16-9-11-5-4-8-21-11)17-15-18-12-6-2-3-7-13(12)22-15/h2-10H,1H3,(H,17,18)(H,19,20)/b16-9-/t10-/m1/s1. The summed E-state index contributed by atoms with van der Waals surface area (Å²) in [6, 6.07) is 10.9. The molecule has 0 fully saturated rings. The molecule has 3 rings (SSSR count). The summed E-state index contributed by atoms with van der Waals surface area (Å²) in [5.74, 6) is 0.328. The predicted molar refractivity (Wildman–Crippen MR) is 87.1 cm³/mol. The quantitative estimate of drug-likeness (QED) is 0.560. The van der Waals surface area contributed by atoms with E-state index in [4.69, 9.17) is 4.42 Å². The van der Waals surface area contributed by atoms with E-state index in [0.717, 1.165) is 10.2 Å². The van der Waals surface area contributed by atoms with E-state index in [0.29, 0.717) is 10.9 Å². The van der Waals surface area contributed by atoms with Crippen molar-refractivity contribution in [3.8, 4) is 0 Å². The fourth-order valence-corrected chi connectivity index (χ4v) is 2.76. The van der Waals surface area contributed by atoms with Crippen LogP contribution >= 0.6 is 11.3 Å². The first-order valence-corrected chi connectivity index (χ1v) is 7.52. The van der Waals surface area contributed by atoms with Gasteiger partial charge in [0.15, 0.2) is 5.13 Å². The Balaban J connectivity index is 1.58. The zero-order valence-electron chi connectivity index (χ0n) is 11.8. The summed E-state index contributed by atoms with van der Waals surface area (Å²) in [5, 5.41) is 7.62. The van der Waals surface area contributed by atoms with Gasteiger partial charge in [0.2, 0.25) is 0 Å². The monoisotopic (exact) mass is 314 g/mol. The summed E-state index contributed by atoms with van der Waals surface area (Å²) in [7, 11) is 0. The molecule has 112 valence electrons. The van der Waals surface area contributed by atoms with Crippen molar-refractivity contribution in [1.29, 1.82) is 0 Å². The highest BCUT2D eigenvalue weighted by Crippen LogP contribution is 2.25. The molecule has 3 aromatic rings. The van der Waals surface area contributed by atoms with Crippen molar-refractivity contribution < 1.29 is 9.21 Å². The van der Waals surface area contributed by atoms with Gasteiger partial charge in [0.05, 0.1) is 22.7 Å². The molecule has 1 atom stereocenters. The lowest BCUT2D eigenvalue weighted by Gasteiger charge is -2.10. The Bertz CT molecular complexity index is 762. The van der Waals surface area contributed by atoms with Gasteiger partial charge in [0, 0.05) is 0 Å². The molecule has 2 N–H and O–H groups in total. The second-order valence-electron chi connectivity index (χ2n) is 4.60. The second kappa shape index (κ2) is 6.40. The topological polar surface area (TPSA) is 79.5 Å². The van der Waals surface area contributed by atoms with Crippen LogP contribution in [0.5, 0.6) is 0 Å². The highest BCUT2D eigenvalue weighted by atomic mass is 32.1. The van der Waals surface area contributed by atoms with Gasteiger partial charge >= 0.3 is 0 Å². The fraction of sp³-hybridized carbons (Fsp3) is 0.133. The molecule has 0 unspecified atom stereocenters. The molecule has 1 aromatic carbocycles. The van der Waals surface area contributed by atoms with Crippen LogP contribution in [0, 0.1) is 0 Å². The largest absolute Gasteiger partial charge is 0.463 e. The first kappa shape index (κ1) is 14.3. The average molecular weight is 314 g/mol. The Morgan fingerprint density at radius 2 is 2.23 bits per heavy atom. The normalized spacial score (nSPS) is 12.6. The minimum atomic E-state index is -0.450. The van der Waals surface area contributed by atoms with Crippen molar-refractivity contribution in [3.05, 3.63) is 48.4 Å². The highest BCUT2D eigenvalue weighted by Gasteiger charge is 2.14. The third-order valence-corrected chi connectivity index (χ3v) is 3.90. The van der Waals surface area contributed by atoms with Crippen LogP contribution in [-0.2, 0) is 4.79 Å². The number of nitrogens with zero attached hydrogens (tertiary/aromatic N) is 2. The zero-order chi connectivity index (χ0) is 15.4. The van der Waals surface area contributed by atoms with Crippen LogP contribution in [0.1, 0.15) is 12.7 Å². The Hall–Kier alpha value is -2.67. The number of rotatable bonds is 5. The Morgan fingerprint density at radius 1 is 1.36 bits per heavy atom. The minimum Gasteiger partial charge on any atom is -0.463 e. The van der Waals surface area contributed by atoms with Gasteiger partial charge in [0.1, 0.15) is 11.8 Å². The van der Waals surface area contributed by atoms with Gasteiger partial charge in [-0.15, -0.1) is 0 Å². The third kappa shape index (κ3) is 3.32. The van der Waals surface area contributed by atoms with Crippen molar-refractivity contribution in [2.75, 3.05) is 5.32 Å². The molecule has 2 heterocycles. The van der Waals surface area contributed by atoms with E-state index in [1.807, 2.05) is 24.3 Å². The number of carbonyl (C=O) groups is 1. The number of anilines is 1. The van der Waals surface area contributed by atoms with Crippen molar-refractivity contribution in [2.45, 2.75) is 13.0 Å². The Morgan fingerprint density at radius 3 is 3.00 bits per heavy atom. The third-order valence-electron chi connectivity index (χ3n) is 2.94. The number of hydrazone groups is 1. The molecule has 0 spiro atoms. The molecule has 2 aromatic heterocycles. The molecule has 22 heavy (non-hydrogen) atoms. The molecule has 0 saturated heterocycles. The molecule has 0 aliphatic carbocycles. The van der Waals surface area contributed by atoms with Crippen LogP contribution < -0.4 is 10.7 Å². The molecule has 0 radical (unpaired) electrons. The lowest BCUT2D eigenvalue weighted by molar-refractivity contribution is -0.121. The number of para-hydroxylation sites is 1. The molecule has 1 amide bonds. The van der Waals surface area contributed by atoms with E-state index in [-0.39, 0.29) is 5.91 Å². The van der Waals surface area contributed by atoms with Crippen LogP contribution in [0.3, 0.4) is 0 Å². The molecule has 0 aliphatic heterocycles. The van der Waals surface area contributed by atoms with Gasteiger partial charge in [-0.3, -0.25) is 4.79 Å². The lowest BCUT2D eigenvalue weighted by Crippen LogP contribution is -2.34. The maximum Gasteiger partial charge on any atom is 0.262 e. The Kier molecular flexibility index (Phi) is 4.15. The number of thiazole rings is 1. The van der Waals surface area contributed by atoms with Crippen LogP contribution in [0.2, 0.25) is 0 Å². The Labute approximate surface area is 130 Å². The van der Waals surface area contributed by atoms with Crippen molar-refractivity contribution in [1.82, 2.24) is 10.4 Å². The van der Waals surface area contributed by atoms with E-state index in [1.54, 1.807) is 25.3 Å². The molecule has 7 heteroatoms. The van der Waals surface area contributed by atoms with Crippen molar-refractivity contribution in [2.24, 2.45) is 5.10 Å². The van der Waals surface area contributed by atoms with E-state index >= 15 is 0 Å². The number of nitrogens with one attached hydrogen (secondary N) is 2. The summed E-state index contributed by atoms with van der Waals surface area (Å²) in [5.41, 5.74) is 3.37. The van der Waals surface area contributed by atoms with Gasteiger partial charge < -0.3 is 9.73 Å². The lowest BCUT2D eigenvalue weighted by atomic mass is 10.3. The van der Waals surface area contributed by atoms with Gasteiger partial charge in [-0.2, -0.15) is 5.10 Å². The summed E-state index contributed by atoms with van der Waals surface area (Å²) in [6.45, 7) is 1.75. The molecular weight excluding hydrogens is 300 g/mol. The summed E-state index contributed by atoms with van der Waals surface area (Å²) in [4.78, 5) is 16.4. The highest BCUT2D eigenvalue weighted by molar-refractivity contribution is 7.22. The maximum atomic E-state index is 11.9. The number of benzene rings is 1. The average Bonchev–Trinajstić information content (AvgIpc) is 3.15. The number of aromatic nitrogens is 1. The molecular formula is C15H14N4O2S. The van der Waals surface area contributed by atoms with E-state index in [2.05, 4.69) is 20.8 Å². The number of furan rings is 1. The zero-order valence-corrected chi connectivity index (χ0v) is 12.6. The second-order valence-corrected chi connectivity index (χ2v) is 5.63. The van der Waals surface area contributed by atoms with Crippen LogP contribution in [0.15, 0.2) is 52.2 Å². The van der Waals surface area contributed by atoms with Gasteiger partial charge in [-0.25, -0.2) is 10.4 Å². The van der Waals surface area contributed by atoms with Crippen LogP contribution in [0.25, 0.3) is 10.2 Å². The molecule has 0 bridgehead atoms. The fourth-order valence-electron chi connectivity index (χ4n) is 1.81. The number of hydrogen-bond acceptors (Lipinski definition) is 6. The van der Waals surface area contributed by atoms with E-state index < -0.39 is 6.04 Å². The molecule has 0 saturated carbocycles. The van der Waals surface area contributed by atoms with Crippen LogP contribution in [0.4, 0.5) is 5.13 Å². The van der Waals surface area contributed by atoms with Crippen molar-refractivity contribution in [3.63, 3.8) is 0 Å². The van der Waals surface area contributed by atoms with Gasteiger partial charge in [-0.05, 0) is 31.2 Å².